The van der Waals surface area contributed by atoms with Crippen LogP contribution in [0.15, 0.2) is 30.4 Å². The molecule has 0 unspecified atom stereocenters. The molecule has 0 saturated heterocycles. The summed E-state index contributed by atoms with van der Waals surface area (Å²) in [6, 6.07) is 5.01. The average Bonchev–Trinajstić information content (AvgIpc) is 2.63. The third-order valence-corrected chi connectivity index (χ3v) is 9.52. The molecule has 0 heterocycles. The summed E-state index contributed by atoms with van der Waals surface area (Å²) in [5, 5.41) is 3.36. The van der Waals surface area contributed by atoms with Crippen LogP contribution in [0.3, 0.4) is 0 Å². The molecule has 9 heteroatoms. The van der Waals surface area contributed by atoms with Crippen LogP contribution < -0.4 is 21.5 Å². The molecule has 0 aliphatic carbocycles. The van der Waals surface area contributed by atoms with E-state index < -0.39 is 20.3 Å². The van der Waals surface area contributed by atoms with E-state index in [1.165, 1.54) is 0 Å². The summed E-state index contributed by atoms with van der Waals surface area (Å²) >= 11 is 0. The lowest BCUT2D eigenvalue weighted by Crippen LogP contribution is -2.41. The van der Waals surface area contributed by atoms with Crippen molar-refractivity contribution in [3.05, 3.63) is 35.9 Å². The van der Waals surface area contributed by atoms with E-state index in [1.807, 2.05) is 0 Å². The number of carbonyl (C=O) groups is 2. The third-order valence-electron chi connectivity index (χ3n) is 4.98. The van der Waals surface area contributed by atoms with Crippen molar-refractivity contribution in [2.24, 2.45) is 11.5 Å². The van der Waals surface area contributed by atoms with E-state index in [0.29, 0.717) is 31.1 Å². The quantitative estimate of drug-likeness (QED) is 0.260. The molecular formula is C21H35N3O5Si. The lowest BCUT2D eigenvalue weighted by atomic mass is 10.1. The van der Waals surface area contributed by atoms with Gasteiger partial charge in [0.2, 0.25) is 5.91 Å². The zero-order chi connectivity index (χ0) is 22.8. The molecule has 5 N–H and O–H groups in total. The topological polar surface area (TPSA) is 126 Å². The van der Waals surface area contributed by atoms with Gasteiger partial charge in [0.1, 0.15) is 12.4 Å². The Labute approximate surface area is 180 Å². The lowest BCUT2D eigenvalue weighted by molar-refractivity contribution is 0.0999. The molecule has 0 atom stereocenters. The van der Waals surface area contributed by atoms with Gasteiger partial charge in [0.15, 0.2) is 8.32 Å². The predicted molar refractivity (Wildman–Crippen MR) is 121 cm³/mol. The van der Waals surface area contributed by atoms with E-state index in [9.17, 15) is 9.59 Å². The molecule has 30 heavy (non-hydrogen) atoms. The minimum absolute atomic E-state index is 0.106. The third kappa shape index (κ3) is 8.87. The predicted octanol–water partition coefficient (Wildman–Crippen LogP) is 3.64. The van der Waals surface area contributed by atoms with Gasteiger partial charge in [-0.15, -0.1) is 0 Å². The first kappa shape index (κ1) is 25.5. The average molecular weight is 438 g/mol. The van der Waals surface area contributed by atoms with Crippen LogP contribution in [-0.2, 0) is 9.16 Å². The first-order chi connectivity index (χ1) is 13.9. The van der Waals surface area contributed by atoms with Crippen LogP contribution in [0, 0.1) is 0 Å². The molecule has 0 aromatic heterocycles. The zero-order valence-electron chi connectivity index (χ0n) is 18.6. The maximum Gasteiger partial charge on any atom is 0.404 e. The highest BCUT2D eigenvalue weighted by atomic mass is 28.4. The molecular weight excluding hydrogens is 402 g/mol. The van der Waals surface area contributed by atoms with Crippen LogP contribution >= 0.6 is 0 Å². The van der Waals surface area contributed by atoms with Gasteiger partial charge in [-0.05, 0) is 42.4 Å². The Kier molecular flexibility index (Phi) is 9.87. The van der Waals surface area contributed by atoms with Crippen LogP contribution in [0.5, 0.6) is 5.75 Å². The van der Waals surface area contributed by atoms with Gasteiger partial charge in [-0.1, -0.05) is 26.8 Å². The highest BCUT2D eigenvalue weighted by Gasteiger charge is 2.36. The first-order valence-electron chi connectivity index (χ1n) is 9.96. The van der Waals surface area contributed by atoms with Crippen molar-refractivity contribution >= 4 is 26.0 Å². The van der Waals surface area contributed by atoms with Gasteiger partial charge in [0, 0.05) is 25.1 Å². The molecule has 8 nitrogen and oxygen atoms in total. The molecule has 0 bridgehead atoms. The number of carbonyl (C=O) groups excluding carboxylic acids is 2. The van der Waals surface area contributed by atoms with Crippen molar-refractivity contribution in [1.82, 2.24) is 0 Å². The normalized spacial score (nSPS) is 12.0. The van der Waals surface area contributed by atoms with Crippen molar-refractivity contribution in [3.63, 3.8) is 0 Å². The molecule has 0 spiro atoms. The number of hydrogen-bond donors (Lipinski definition) is 3. The van der Waals surface area contributed by atoms with E-state index in [1.54, 1.807) is 30.4 Å². The van der Waals surface area contributed by atoms with E-state index in [2.05, 4.69) is 43.9 Å². The van der Waals surface area contributed by atoms with Crippen LogP contribution in [0.4, 0.5) is 10.5 Å². The fourth-order valence-electron chi connectivity index (χ4n) is 2.18. The van der Waals surface area contributed by atoms with Crippen LogP contribution in [0.1, 0.15) is 37.6 Å². The van der Waals surface area contributed by atoms with Gasteiger partial charge in [-0.3, -0.25) is 4.79 Å². The molecule has 0 fully saturated rings. The lowest BCUT2D eigenvalue weighted by Gasteiger charge is -2.36. The number of hydrogen-bond acceptors (Lipinski definition) is 6. The molecule has 1 aromatic rings. The largest absolute Gasteiger partial charge is 0.491 e. The molecule has 1 aromatic carbocycles. The minimum atomic E-state index is -1.78. The fourth-order valence-corrected chi connectivity index (χ4v) is 3.26. The van der Waals surface area contributed by atoms with Crippen molar-refractivity contribution in [2.45, 2.75) is 45.3 Å². The van der Waals surface area contributed by atoms with Gasteiger partial charge in [-0.25, -0.2) is 4.79 Å². The number of nitrogens with one attached hydrogen (secondary N) is 1. The maximum atomic E-state index is 11.5. The highest BCUT2D eigenvalue weighted by Crippen LogP contribution is 2.36. The van der Waals surface area contributed by atoms with Crippen molar-refractivity contribution in [1.29, 1.82) is 0 Å². The van der Waals surface area contributed by atoms with E-state index in [-0.39, 0.29) is 11.6 Å². The summed E-state index contributed by atoms with van der Waals surface area (Å²) in [6.45, 7) is 12.7. The molecule has 168 valence electrons. The van der Waals surface area contributed by atoms with Gasteiger partial charge < -0.3 is 30.7 Å². The second-order valence-electron chi connectivity index (χ2n) is 8.37. The van der Waals surface area contributed by atoms with Gasteiger partial charge in [0.25, 0.3) is 0 Å². The molecule has 2 amide bonds. The highest BCUT2D eigenvalue weighted by molar-refractivity contribution is 6.74. The van der Waals surface area contributed by atoms with E-state index in [4.69, 9.17) is 20.6 Å². The summed E-state index contributed by atoms with van der Waals surface area (Å²) in [7, 11) is -1.78. The smallest absolute Gasteiger partial charge is 0.404 e. The van der Waals surface area contributed by atoms with Gasteiger partial charge >= 0.3 is 6.09 Å². The maximum absolute atomic E-state index is 11.5. The second kappa shape index (κ2) is 11.6. The van der Waals surface area contributed by atoms with Crippen molar-refractivity contribution < 1.29 is 23.5 Å². The summed E-state index contributed by atoms with van der Waals surface area (Å²) < 4.78 is 16.7. The van der Waals surface area contributed by atoms with Crippen LogP contribution in [0.2, 0.25) is 18.1 Å². The number of amides is 2. The Morgan fingerprint density at radius 2 is 1.83 bits per heavy atom. The van der Waals surface area contributed by atoms with E-state index in [0.717, 1.165) is 12.1 Å². The Morgan fingerprint density at radius 3 is 2.43 bits per heavy atom. The Hall–Kier alpha value is -2.52. The molecule has 0 radical (unpaired) electrons. The molecule has 0 aliphatic heterocycles. The summed E-state index contributed by atoms with van der Waals surface area (Å²) in [5.74, 6) is 0.0246. The standard InChI is InChI=1S/C21H35N3O5Si/c1-21(2,3)30(4,5)29-14-8-13-27-18-15-16(19(22)25)9-10-17(18)24-11-6-7-12-28-20(23)26/h6-7,9-10,15,24H,8,11-14H2,1-5H3,(H2,22,25)(H2,23,26)/b7-6+. The number of benzene rings is 1. The first-order valence-corrected chi connectivity index (χ1v) is 12.9. The number of rotatable bonds is 12. The Bertz CT molecular complexity index is 745. The number of ether oxygens (including phenoxy) is 2. The Balaban J connectivity index is 2.62. The summed E-state index contributed by atoms with van der Waals surface area (Å²) in [4.78, 5) is 22.0. The number of nitrogens with two attached hydrogens (primary N) is 2. The monoisotopic (exact) mass is 437 g/mol. The number of primary amides is 2. The summed E-state index contributed by atoms with van der Waals surface area (Å²) in [6.07, 6.45) is 3.38. The Morgan fingerprint density at radius 1 is 1.13 bits per heavy atom. The van der Waals surface area contributed by atoms with Crippen molar-refractivity contribution in [2.75, 3.05) is 31.7 Å². The van der Waals surface area contributed by atoms with Crippen LogP contribution in [-0.4, -0.2) is 46.7 Å². The SMILES string of the molecule is CC(C)(C)[Si](C)(C)OCCCOc1cc(C(N)=O)ccc1NC/C=C/COC(N)=O. The second-order valence-corrected chi connectivity index (χ2v) is 13.2. The molecule has 1 rings (SSSR count). The van der Waals surface area contributed by atoms with Crippen LogP contribution in [0.25, 0.3) is 0 Å². The fraction of sp³-hybridized carbons (Fsp3) is 0.524. The zero-order valence-corrected chi connectivity index (χ0v) is 19.6. The van der Waals surface area contributed by atoms with Gasteiger partial charge in [0.05, 0.1) is 12.3 Å². The van der Waals surface area contributed by atoms with Crippen molar-refractivity contribution in [3.8, 4) is 5.75 Å². The molecule has 0 aliphatic rings. The van der Waals surface area contributed by atoms with Gasteiger partial charge in [-0.2, -0.15) is 0 Å². The molecule has 0 saturated carbocycles. The summed E-state index contributed by atoms with van der Waals surface area (Å²) in [5.41, 5.74) is 11.4. The number of anilines is 1. The van der Waals surface area contributed by atoms with E-state index >= 15 is 0 Å². The minimum Gasteiger partial charge on any atom is -0.491 e.